The molecule has 10 aliphatic rings. The van der Waals surface area contributed by atoms with E-state index in [1.165, 1.54) is 50.6 Å². The zero-order valence-corrected chi connectivity index (χ0v) is 45.7. The van der Waals surface area contributed by atoms with E-state index in [4.69, 9.17) is 18.9 Å². The molecular weight excluding hydrogens is 979 g/mol. The van der Waals surface area contributed by atoms with Crippen molar-refractivity contribution in [3.8, 4) is 0 Å². The van der Waals surface area contributed by atoms with Crippen LogP contribution < -0.4 is 5.32 Å². The number of allylic oxidation sites excluding steroid dienone is 2. The number of ether oxygens (including phenoxy) is 4. The lowest BCUT2D eigenvalue weighted by Crippen LogP contribution is -2.68. The molecule has 422 valence electrons. The summed E-state index contributed by atoms with van der Waals surface area (Å²) >= 11 is 0. The van der Waals surface area contributed by atoms with Crippen molar-refractivity contribution in [1.82, 2.24) is 5.32 Å². The van der Waals surface area contributed by atoms with Gasteiger partial charge in [-0.3, -0.25) is 9.59 Å². The minimum atomic E-state index is -2.05. The summed E-state index contributed by atoms with van der Waals surface area (Å²) in [5, 5.41) is 86.8. The highest BCUT2D eigenvalue weighted by Gasteiger charge is 2.71. The highest BCUT2D eigenvalue weighted by Crippen LogP contribution is 2.75. The summed E-state index contributed by atoms with van der Waals surface area (Å²) in [6.07, 6.45) is -3.83. The van der Waals surface area contributed by atoms with Crippen LogP contribution in [0.5, 0.6) is 0 Å². The number of aliphatic hydroxyl groups excluding tert-OH is 5. The average molecular weight is 1060 g/mol. The maximum absolute atomic E-state index is 14.8. The first-order chi connectivity index (χ1) is 35.6. The number of ketones is 1. The van der Waals surface area contributed by atoms with Gasteiger partial charge in [-0.15, -0.1) is 0 Å². The van der Waals surface area contributed by atoms with Crippen LogP contribution in [0, 0.1) is 63.1 Å². The van der Waals surface area contributed by atoms with Crippen molar-refractivity contribution < 1.29 is 79.0 Å². The van der Waals surface area contributed by atoms with Crippen LogP contribution in [0.3, 0.4) is 0 Å². The van der Waals surface area contributed by atoms with Crippen LogP contribution in [0.2, 0.25) is 0 Å². The van der Waals surface area contributed by atoms with Crippen molar-refractivity contribution in [3.63, 3.8) is 0 Å². The number of piperidine rings is 1. The lowest BCUT2D eigenvalue weighted by molar-refractivity contribution is -0.371. The van der Waals surface area contributed by atoms with Crippen molar-refractivity contribution in [2.45, 2.75) is 231 Å². The maximum Gasteiger partial charge on any atom is 0.335 e. The van der Waals surface area contributed by atoms with E-state index in [0.29, 0.717) is 31.1 Å². The summed E-state index contributed by atoms with van der Waals surface area (Å²) in [5.74, 6) is -3.56. The van der Waals surface area contributed by atoms with Gasteiger partial charge in [-0.05, 0) is 166 Å². The lowest BCUT2D eigenvalue weighted by Gasteiger charge is -2.70. The normalized spacial score (nSPS) is 49.1. The zero-order chi connectivity index (χ0) is 55.0. The number of nitrogens with one attached hydrogen (secondary N) is 1. The van der Waals surface area contributed by atoms with Gasteiger partial charge in [-0.1, -0.05) is 83.7 Å². The highest BCUT2D eigenvalue weighted by atomic mass is 16.8. The molecule has 7 aliphatic carbocycles. The first-order valence-corrected chi connectivity index (χ1v) is 28.4. The Balaban J connectivity index is 0.000000303. The van der Waals surface area contributed by atoms with E-state index < -0.39 is 107 Å². The second kappa shape index (κ2) is 19.4. The molecule has 0 aromatic heterocycles. The summed E-state index contributed by atoms with van der Waals surface area (Å²) in [4.78, 5) is 51.3. The van der Waals surface area contributed by atoms with E-state index in [-0.39, 0.29) is 34.4 Å². The molecule has 0 amide bonds. The third-order valence-corrected chi connectivity index (χ3v) is 23.0. The molecule has 3 heterocycles. The summed E-state index contributed by atoms with van der Waals surface area (Å²) in [6.45, 7) is 18.3. The van der Waals surface area contributed by atoms with Crippen molar-refractivity contribution in [2.24, 2.45) is 56.2 Å². The zero-order valence-electron chi connectivity index (χ0n) is 45.7. The number of hydrogen-bond donors (Lipinski definition) is 9. The number of carbonyl (C=O) groups excluding carboxylic acids is 1. The van der Waals surface area contributed by atoms with E-state index in [2.05, 4.69) is 58.1 Å². The molecule has 0 unspecified atom stereocenters. The van der Waals surface area contributed by atoms with Gasteiger partial charge in [0.1, 0.15) is 36.6 Å². The van der Waals surface area contributed by atoms with Gasteiger partial charge in [0.15, 0.2) is 30.6 Å². The van der Waals surface area contributed by atoms with Crippen molar-refractivity contribution >= 4 is 23.7 Å². The van der Waals surface area contributed by atoms with Crippen LogP contribution >= 0.6 is 0 Å². The molecule has 76 heavy (non-hydrogen) atoms. The Morgan fingerprint density at radius 2 is 1.38 bits per heavy atom. The third kappa shape index (κ3) is 8.51. The summed E-state index contributed by atoms with van der Waals surface area (Å²) in [7, 11) is 0. The maximum atomic E-state index is 14.8. The fraction of sp³-hybridized carbons (Fsp3) is 0.797. The fourth-order valence-corrected chi connectivity index (χ4v) is 18.4. The molecule has 3 aliphatic heterocycles. The first-order valence-electron chi connectivity index (χ1n) is 28.4. The van der Waals surface area contributed by atoms with Crippen molar-refractivity contribution in [3.05, 3.63) is 46.5 Å². The molecule has 2 bridgehead atoms. The Hall–Kier alpha value is -3.36. The molecule has 5 saturated carbocycles. The molecule has 1 aromatic carbocycles. The monoisotopic (exact) mass is 1060 g/mol. The topological polar surface area (TPSA) is 279 Å². The molecule has 0 spiro atoms. The van der Waals surface area contributed by atoms with Gasteiger partial charge in [0, 0.05) is 17.4 Å². The van der Waals surface area contributed by atoms with E-state index in [0.717, 1.165) is 49.6 Å². The molecule has 9 N–H and O–H groups in total. The molecule has 11 rings (SSSR count). The molecule has 0 radical (unpaired) electrons. The van der Waals surface area contributed by atoms with Crippen LogP contribution in [0.4, 0.5) is 0 Å². The van der Waals surface area contributed by atoms with Crippen LogP contribution in [0.1, 0.15) is 155 Å². The van der Waals surface area contributed by atoms with Gasteiger partial charge in [0.05, 0.1) is 11.5 Å². The van der Waals surface area contributed by atoms with Gasteiger partial charge in [-0.25, -0.2) is 9.59 Å². The number of aryl methyl sites for hydroxylation is 1. The Labute approximate surface area is 446 Å². The van der Waals surface area contributed by atoms with Crippen molar-refractivity contribution in [2.75, 3.05) is 6.54 Å². The molecule has 17 nitrogen and oxygen atoms in total. The Morgan fingerprint density at radius 1 is 0.711 bits per heavy atom. The average Bonchev–Trinajstić information content (AvgIpc) is 3.55. The largest absolute Gasteiger partial charge is 0.481 e. The van der Waals surface area contributed by atoms with E-state index in [1.54, 1.807) is 11.1 Å². The number of carboxylic acids is 3. The van der Waals surface area contributed by atoms with E-state index in [1.807, 2.05) is 26.8 Å². The van der Waals surface area contributed by atoms with Crippen LogP contribution in [0.15, 0.2) is 29.8 Å². The minimum Gasteiger partial charge on any atom is -0.481 e. The molecule has 22 atom stereocenters. The molecule has 1 aromatic rings. The number of aliphatic hydroxyl groups is 5. The highest BCUT2D eigenvalue weighted by molar-refractivity contribution is 5.95. The van der Waals surface area contributed by atoms with Gasteiger partial charge in [-0.2, -0.15) is 0 Å². The molecule has 8 fully saturated rings. The van der Waals surface area contributed by atoms with Crippen LogP contribution in [0.25, 0.3) is 0 Å². The van der Waals surface area contributed by atoms with Crippen LogP contribution in [-0.4, -0.2) is 145 Å². The quantitative estimate of drug-likeness (QED) is 0.151. The second-order valence-corrected chi connectivity index (χ2v) is 27.3. The number of benzene rings is 1. The number of aliphatic carboxylic acids is 3. The lowest BCUT2D eigenvalue weighted by atomic mass is 9.33. The Bertz CT molecular complexity index is 2500. The van der Waals surface area contributed by atoms with Crippen LogP contribution in [-0.2, 0) is 50.0 Å². The van der Waals surface area contributed by atoms with Gasteiger partial charge < -0.3 is 65.1 Å². The predicted octanol–water partition coefficient (Wildman–Crippen LogP) is 5.59. The first kappa shape index (κ1) is 55.9. The summed E-state index contributed by atoms with van der Waals surface area (Å²) < 4.78 is 23.4. The van der Waals surface area contributed by atoms with E-state index >= 15 is 0 Å². The molecule has 3 saturated heterocycles. The van der Waals surface area contributed by atoms with Crippen molar-refractivity contribution in [1.29, 1.82) is 0 Å². The molecule has 17 heteroatoms. The second-order valence-electron chi connectivity index (χ2n) is 27.3. The van der Waals surface area contributed by atoms with Gasteiger partial charge >= 0.3 is 17.9 Å². The Morgan fingerprint density at radius 3 is 2.07 bits per heavy atom. The third-order valence-electron chi connectivity index (χ3n) is 23.0. The Kier molecular flexibility index (Phi) is 14.3. The number of rotatable bonds is 7. The molecular formula is C59H85NO16. The number of fused-ring (bicyclic) bond motifs is 8. The van der Waals surface area contributed by atoms with Gasteiger partial charge in [0.25, 0.3) is 0 Å². The summed E-state index contributed by atoms with van der Waals surface area (Å²) in [6, 6.07) is 7.97. The smallest absolute Gasteiger partial charge is 0.335 e. The van der Waals surface area contributed by atoms with Gasteiger partial charge in [0.2, 0.25) is 0 Å². The standard InChI is InChI=1S/C42H62O16.C17H23N/c1-37(2)21-8-11-42(7)31(20(43)16-18-19-17-39(4,36(53)54)13-12-38(19,3)14-15-41(18,42)6)40(21,5)10-9-22(37)55-35-30(26(47)25(46)29(57-35)33(51)52)58-34-27(48)23(44)24(45)28(56-34)32(49)50;1-12-5-6-13-11-16-14-4-2-3-7-17(14,8-9-18-16)15(13)10-12/h16,19,21-31,34-35,44-48H,8-15,17H2,1-7H3,(H,49,50)(H,51,52)(H,53,54);5-6,10,14,16,18H,2-4,7-9,11H2,1H3/t19-,21-,22-,23-,24-,25-,26-,27+,28-,29-,30+,31+,34-,35-,38+,39-,40-,41+,42+;14-,16+,17+/m00/s1. The number of carbonyl (C=O) groups is 4. The predicted molar refractivity (Wildman–Crippen MR) is 274 cm³/mol. The van der Waals surface area contributed by atoms with E-state index in [9.17, 15) is 60.0 Å². The number of carboxylic acid groups (broad SMARTS) is 3. The summed E-state index contributed by atoms with van der Waals surface area (Å²) in [5.41, 5.74) is 3.54. The number of hydrogen-bond acceptors (Lipinski definition) is 14. The SMILES string of the molecule is CC1(C)[C@@H](O[C@H]2O[C@H](C(=O)O)[C@@H](O)[C@H](O)[C@H]2O[C@@H]2O[C@H](C(=O)O)[C@@H](O)[C@H](O)[C@H]2O)CC[C@]2(C)[C@H]3C(=O)C=C4[C@@H]5C[C@@](C)(C(=O)O)CC[C@]5(C)CC[C@@]4(C)[C@]3(C)CC[C@@H]12.Cc1ccc2c(c1)[C@@]13CCCC[C@H]1[C@@H](C2)NCC3. The fourth-order valence-electron chi connectivity index (χ4n) is 18.4. The minimum absolute atomic E-state index is 0.0217.